The Morgan fingerprint density at radius 1 is 1.00 bits per heavy atom. The molecule has 0 atom stereocenters. The highest BCUT2D eigenvalue weighted by atomic mass is 16.5. The average Bonchev–Trinajstić information content (AvgIpc) is 3.08. The maximum absolute atomic E-state index is 12.3. The van der Waals surface area contributed by atoms with Gasteiger partial charge in [0, 0.05) is 17.5 Å². The smallest absolute Gasteiger partial charge is 0.375 e. The van der Waals surface area contributed by atoms with Crippen molar-refractivity contribution in [2.24, 2.45) is 0 Å². The Morgan fingerprint density at radius 2 is 1.69 bits per heavy atom. The van der Waals surface area contributed by atoms with Crippen molar-refractivity contribution in [1.82, 2.24) is 5.32 Å². The van der Waals surface area contributed by atoms with Crippen molar-refractivity contribution in [2.45, 2.75) is 13.3 Å². The van der Waals surface area contributed by atoms with Gasteiger partial charge in [-0.05, 0) is 49.2 Å². The summed E-state index contributed by atoms with van der Waals surface area (Å²) in [5.74, 6) is 0.478. The maximum Gasteiger partial charge on any atom is 0.375 e. The first kappa shape index (κ1) is 20.3. The van der Waals surface area contributed by atoms with Crippen molar-refractivity contribution in [1.29, 1.82) is 0 Å². The number of benzene rings is 2. The molecule has 0 aliphatic rings. The van der Waals surface area contributed by atoms with Crippen LogP contribution in [0.5, 0.6) is 11.5 Å². The van der Waals surface area contributed by atoms with E-state index >= 15 is 0 Å². The van der Waals surface area contributed by atoms with Gasteiger partial charge in [0.05, 0.1) is 14.2 Å². The molecule has 0 radical (unpaired) electrons. The third-order valence-corrected chi connectivity index (χ3v) is 4.56. The average molecular weight is 397 g/mol. The van der Waals surface area contributed by atoms with Crippen LogP contribution < -0.4 is 14.8 Å². The number of carbonyl (C=O) groups is 2. The largest absolute Gasteiger partial charge is 0.497 e. The van der Waals surface area contributed by atoms with Crippen LogP contribution in [0.25, 0.3) is 11.0 Å². The number of aryl methyl sites for hydroxylation is 1. The first-order valence-electron chi connectivity index (χ1n) is 9.15. The number of ether oxygens (including phenoxy) is 3. The van der Waals surface area contributed by atoms with Crippen LogP contribution >= 0.6 is 0 Å². The number of hydrogen-bond acceptors (Lipinski definition) is 6. The monoisotopic (exact) mass is 397 g/mol. The molecule has 29 heavy (non-hydrogen) atoms. The molecule has 1 N–H and O–H groups in total. The minimum absolute atomic E-state index is 0.0827. The zero-order valence-corrected chi connectivity index (χ0v) is 16.6. The van der Waals surface area contributed by atoms with Crippen molar-refractivity contribution in [3.63, 3.8) is 0 Å². The second-order valence-electron chi connectivity index (χ2n) is 6.44. The molecule has 0 aliphatic heterocycles. The lowest BCUT2D eigenvalue weighted by Crippen LogP contribution is -2.30. The van der Waals surface area contributed by atoms with Crippen LogP contribution in [0.4, 0.5) is 0 Å². The second-order valence-corrected chi connectivity index (χ2v) is 6.44. The van der Waals surface area contributed by atoms with E-state index in [0.717, 1.165) is 16.7 Å². The molecule has 7 heteroatoms. The molecule has 1 aromatic heterocycles. The normalized spacial score (nSPS) is 10.6. The predicted molar refractivity (Wildman–Crippen MR) is 107 cm³/mol. The van der Waals surface area contributed by atoms with Gasteiger partial charge in [-0.3, -0.25) is 4.79 Å². The van der Waals surface area contributed by atoms with E-state index in [9.17, 15) is 9.59 Å². The van der Waals surface area contributed by atoms with Crippen LogP contribution in [0.3, 0.4) is 0 Å². The highest BCUT2D eigenvalue weighted by Crippen LogP contribution is 2.29. The number of rotatable bonds is 8. The van der Waals surface area contributed by atoms with Crippen LogP contribution in [0.15, 0.2) is 46.9 Å². The third-order valence-electron chi connectivity index (χ3n) is 4.56. The Balaban J connectivity index is 1.50. The van der Waals surface area contributed by atoms with E-state index in [1.165, 1.54) is 0 Å². The molecule has 0 fully saturated rings. The summed E-state index contributed by atoms with van der Waals surface area (Å²) in [4.78, 5) is 24.3. The lowest BCUT2D eigenvalue weighted by atomic mass is 10.1. The van der Waals surface area contributed by atoms with Gasteiger partial charge in [-0.2, -0.15) is 0 Å². The van der Waals surface area contributed by atoms with Gasteiger partial charge in [0.2, 0.25) is 5.76 Å². The Hall–Kier alpha value is -3.48. The maximum atomic E-state index is 12.3. The first-order chi connectivity index (χ1) is 14.0. The summed E-state index contributed by atoms with van der Waals surface area (Å²) in [7, 11) is 3.18. The molecule has 0 bridgehead atoms. The molecule has 1 amide bonds. The number of esters is 1. The Bertz CT molecular complexity index is 1010. The zero-order chi connectivity index (χ0) is 20.8. The Labute approximate surface area is 168 Å². The SMILES string of the molecule is COc1ccc(CCNC(=O)COC(=O)c2oc3ccc(OC)cc3c2C)cc1. The summed E-state index contributed by atoms with van der Waals surface area (Å²) in [5.41, 5.74) is 2.26. The zero-order valence-electron chi connectivity index (χ0n) is 16.6. The van der Waals surface area contributed by atoms with Gasteiger partial charge < -0.3 is 23.9 Å². The molecule has 0 spiro atoms. The molecule has 0 saturated heterocycles. The van der Waals surface area contributed by atoms with E-state index in [1.807, 2.05) is 24.3 Å². The van der Waals surface area contributed by atoms with Gasteiger partial charge in [0.25, 0.3) is 5.91 Å². The van der Waals surface area contributed by atoms with Gasteiger partial charge in [0.15, 0.2) is 6.61 Å². The van der Waals surface area contributed by atoms with E-state index in [2.05, 4.69) is 5.32 Å². The molecule has 0 aliphatic carbocycles. The van der Waals surface area contributed by atoms with Crippen molar-refractivity contribution in [2.75, 3.05) is 27.4 Å². The van der Waals surface area contributed by atoms with E-state index in [-0.39, 0.29) is 18.3 Å². The van der Waals surface area contributed by atoms with E-state index in [1.54, 1.807) is 39.3 Å². The summed E-state index contributed by atoms with van der Waals surface area (Å²) in [6.45, 7) is 1.82. The van der Waals surface area contributed by atoms with Crippen molar-refractivity contribution >= 4 is 22.8 Å². The van der Waals surface area contributed by atoms with Crippen molar-refractivity contribution in [3.8, 4) is 11.5 Å². The van der Waals surface area contributed by atoms with Crippen LogP contribution in [0, 0.1) is 6.92 Å². The predicted octanol–water partition coefficient (Wildman–Crippen LogP) is 3.27. The van der Waals surface area contributed by atoms with Gasteiger partial charge in [-0.25, -0.2) is 4.79 Å². The molecule has 0 unspecified atom stereocenters. The topological polar surface area (TPSA) is 87.0 Å². The standard InChI is InChI=1S/C22H23NO6/c1-14-18-12-17(27-3)8-9-19(18)29-21(14)22(25)28-13-20(24)23-11-10-15-4-6-16(26-2)7-5-15/h4-9,12H,10-11,13H2,1-3H3,(H,23,24). The fraction of sp³-hybridized carbons (Fsp3) is 0.273. The molecule has 3 aromatic rings. The summed E-state index contributed by atoms with van der Waals surface area (Å²) >= 11 is 0. The van der Waals surface area contributed by atoms with Crippen LogP contribution in [-0.2, 0) is 16.0 Å². The number of carbonyl (C=O) groups excluding carboxylic acids is 2. The lowest BCUT2D eigenvalue weighted by molar-refractivity contribution is -0.124. The second kappa shape index (κ2) is 9.14. The van der Waals surface area contributed by atoms with Crippen LogP contribution in [0.2, 0.25) is 0 Å². The molecule has 152 valence electrons. The van der Waals surface area contributed by atoms with Gasteiger partial charge >= 0.3 is 5.97 Å². The number of hydrogen-bond donors (Lipinski definition) is 1. The Morgan fingerprint density at radius 3 is 2.38 bits per heavy atom. The van der Waals surface area contributed by atoms with Gasteiger partial charge in [0.1, 0.15) is 17.1 Å². The summed E-state index contributed by atoms with van der Waals surface area (Å²) < 4.78 is 21.0. The minimum Gasteiger partial charge on any atom is -0.497 e. The fourth-order valence-corrected chi connectivity index (χ4v) is 2.91. The van der Waals surface area contributed by atoms with Gasteiger partial charge in [-0.15, -0.1) is 0 Å². The fourth-order valence-electron chi connectivity index (χ4n) is 2.91. The summed E-state index contributed by atoms with van der Waals surface area (Å²) in [6.07, 6.45) is 0.661. The molecular weight excluding hydrogens is 374 g/mol. The van der Waals surface area contributed by atoms with E-state index < -0.39 is 5.97 Å². The molecular formula is C22H23NO6. The molecule has 7 nitrogen and oxygen atoms in total. The third kappa shape index (κ3) is 4.87. The highest BCUT2D eigenvalue weighted by molar-refractivity contribution is 5.97. The number of furan rings is 1. The minimum atomic E-state index is -0.678. The summed E-state index contributed by atoms with van der Waals surface area (Å²) in [5, 5.41) is 3.49. The van der Waals surface area contributed by atoms with Crippen molar-refractivity contribution in [3.05, 3.63) is 59.4 Å². The first-order valence-corrected chi connectivity index (χ1v) is 9.15. The van der Waals surface area contributed by atoms with Crippen molar-refractivity contribution < 1.29 is 28.2 Å². The highest BCUT2D eigenvalue weighted by Gasteiger charge is 2.20. The van der Waals surface area contributed by atoms with Crippen LogP contribution in [0.1, 0.15) is 21.7 Å². The number of nitrogens with one attached hydrogen (secondary N) is 1. The molecule has 1 heterocycles. The number of fused-ring (bicyclic) bond motifs is 1. The van der Waals surface area contributed by atoms with Crippen LogP contribution in [-0.4, -0.2) is 39.2 Å². The van der Waals surface area contributed by atoms with E-state index in [0.29, 0.717) is 29.9 Å². The summed E-state index contributed by atoms with van der Waals surface area (Å²) in [6, 6.07) is 12.9. The molecule has 2 aromatic carbocycles. The Kier molecular flexibility index (Phi) is 6.39. The van der Waals surface area contributed by atoms with Gasteiger partial charge in [-0.1, -0.05) is 12.1 Å². The quantitative estimate of drug-likeness (QED) is 0.587. The number of amides is 1. The molecule has 3 rings (SSSR count). The van der Waals surface area contributed by atoms with E-state index in [4.69, 9.17) is 18.6 Å². The lowest BCUT2D eigenvalue weighted by Gasteiger charge is -2.07. The molecule has 0 saturated carbocycles. The number of methoxy groups -OCH3 is 2.